The topological polar surface area (TPSA) is 46.2 Å². The second-order valence-electron chi connectivity index (χ2n) is 5.63. The summed E-state index contributed by atoms with van der Waals surface area (Å²) in [6.45, 7) is 0.532. The van der Waals surface area contributed by atoms with Crippen LogP contribution in [0.5, 0.6) is 0 Å². The van der Waals surface area contributed by atoms with Crippen molar-refractivity contribution in [2.75, 3.05) is 12.3 Å². The molecule has 1 aliphatic rings. The maximum atomic E-state index is 12.1. The van der Waals surface area contributed by atoms with Crippen LogP contribution in [0.3, 0.4) is 0 Å². The van der Waals surface area contributed by atoms with Gasteiger partial charge in [0.2, 0.25) is 10.0 Å². The average molecular weight is 321 g/mol. The second kappa shape index (κ2) is 5.91. The quantitative estimate of drug-likeness (QED) is 0.852. The Morgan fingerprint density at radius 1 is 1.10 bits per heavy atom. The highest BCUT2D eigenvalue weighted by Crippen LogP contribution is 2.49. The molecule has 0 spiro atoms. The van der Waals surface area contributed by atoms with E-state index >= 15 is 0 Å². The van der Waals surface area contributed by atoms with Crippen LogP contribution >= 0.6 is 11.3 Å². The van der Waals surface area contributed by atoms with E-state index in [0.29, 0.717) is 13.0 Å². The van der Waals surface area contributed by atoms with Gasteiger partial charge in [-0.05, 0) is 36.3 Å². The van der Waals surface area contributed by atoms with Gasteiger partial charge in [0.05, 0.1) is 5.75 Å². The van der Waals surface area contributed by atoms with Gasteiger partial charge in [0.25, 0.3) is 0 Å². The first-order chi connectivity index (χ1) is 10.1. The van der Waals surface area contributed by atoms with Crippen molar-refractivity contribution in [1.82, 2.24) is 4.72 Å². The smallest absolute Gasteiger partial charge is 0.211 e. The SMILES string of the molecule is O=S(=O)(CCc1ccccc1)NCC1(c2cccs2)CC1. The Balaban J connectivity index is 1.55. The van der Waals surface area contributed by atoms with E-state index in [1.165, 1.54) is 4.88 Å². The maximum absolute atomic E-state index is 12.1. The lowest BCUT2D eigenvalue weighted by atomic mass is 10.1. The van der Waals surface area contributed by atoms with Gasteiger partial charge >= 0.3 is 0 Å². The highest BCUT2D eigenvalue weighted by Gasteiger charge is 2.45. The van der Waals surface area contributed by atoms with E-state index in [0.717, 1.165) is 18.4 Å². The van der Waals surface area contributed by atoms with E-state index in [9.17, 15) is 8.42 Å². The van der Waals surface area contributed by atoms with E-state index < -0.39 is 10.0 Å². The first-order valence-electron chi connectivity index (χ1n) is 7.15. The molecule has 3 rings (SSSR count). The molecule has 1 N–H and O–H groups in total. The number of nitrogens with one attached hydrogen (secondary N) is 1. The second-order valence-corrected chi connectivity index (χ2v) is 8.51. The molecular formula is C16H19NO2S2. The van der Waals surface area contributed by atoms with Gasteiger partial charge in [0.15, 0.2) is 0 Å². The summed E-state index contributed by atoms with van der Waals surface area (Å²) in [6.07, 6.45) is 2.71. The Bertz CT molecular complexity index is 674. The lowest BCUT2D eigenvalue weighted by Gasteiger charge is -2.14. The summed E-state index contributed by atoms with van der Waals surface area (Å²) in [5.74, 6) is 0.150. The van der Waals surface area contributed by atoms with Gasteiger partial charge in [-0.25, -0.2) is 13.1 Å². The molecule has 0 bridgehead atoms. The lowest BCUT2D eigenvalue weighted by molar-refractivity contribution is 0.568. The third-order valence-electron chi connectivity index (χ3n) is 4.03. The first-order valence-corrected chi connectivity index (χ1v) is 9.68. The number of hydrogen-bond donors (Lipinski definition) is 1. The molecule has 0 amide bonds. The summed E-state index contributed by atoms with van der Waals surface area (Å²) < 4.78 is 27.1. The Morgan fingerprint density at radius 2 is 1.86 bits per heavy atom. The van der Waals surface area contributed by atoms with Crippen LogP contribution in [0.25, 0.3) is 0 Å². The van der Waals surface area contributed by atoms with Crippen molar-refractivity contribution in [2.45, 2.75) is 24.7 Å². The van der Waals surface area contributed by atoms with Crippen molar-refractivity contribution in [3.8, 4) is 0 Å². The van der Waals surface area contributed by atoms with Gasteiger partial charge < -0.3 is 0 Å². The number of hydrogen-bond acceptors (Lipinski definition) is 3. The molecule has 1 aliphatic carbocycles. The molecule has 3 nitrogen and oxygen atoms in total. The standard InChI is InChI=1S/C16H19NO2S2/c18-21(19,12-8-14-5-2-1-3-6-14)17-13-16(9-10-16)15-7-4-11-20-15/h1-7,11,17H,8-10,12-13H2. The van der Waals surface area contributed by atoms with Crippen LogP contribution in [0, 0.1) is 0 Å². The molecule has 112 valence electrons. The largest absolute Gasteiger partial charge is 0.214 e. The van der Waals surface area contributed by atoms with E-state index in [4.69, 9.17) is 0 Å². The van der Waals surface area contributed by atoms with Crippen molar-refractivity contribution in [3.05, 3.63) is 58.3 Å². The van der Waals surface area contributed by atoms with Crippen molar-refractivity contribution in [3.63, 3.8) is 0 Å². The van der Waals surface area contributed by atoms with Crippen LogP contribution in [0.4, 0.5) is 0 Å². The zero-order chi connectivity index (χ0) is 14.8. The van der Waals surface area contributed by atoms with E-state index in [1.54, 1.807) is 11.3 Å². The van der Waals surface area contributed by atoms with E-state index in [1.807, 2.05) is 36.4 Å². The molecule has 0 saturated heterocycles. The fourth-order valence-corrected chi connectivity index (χ4v) is 4.59. The summed E-state index contributed by atoms with van der Waals surface area (Å²) in [4.78, 5) is 1.30. The normalized spacial score (nSPS) is 16.8. The van der Waals surface area contributed by atoms with Crippen LogP contribution in [0.15, 0.2) is 47.8 Å². The Morgan fingerprint density at radius 3 is 2.48 bits per heavy atom. The van der Waals surface area contributed by atoms with E-state index in [2.05, 4.69) is 16.2 Å². The molecular weight excluding hydrogens is 302 g/mol. The van der Waals surface area contributed by atoms with Crippen molar-refractivity contribution in [2.24, 2.45) is 0 Å². The maximum Gasteiger partial charge on any atom is 0.211 e. The molecule has 0 atom stereocenters. The highest BCUT2D eigenvalue weighted by molar-refractivity contribution is 7.89. The van der Waals surface area contributed by atoms with Crippen LogP contribution in [-0.2, 0) is 21.9 Å². The molecule has 1 fully saturated rings. The van der Waals surface area contributed by atoms with Gasteiger partial charge in [-0.3, -0.25) is 0 Å². The van der Waals surface area contributed by atoms with Crippen molar-refractivity contribution < 1.29 is 8.42 Å². The number of sulfonamides is 1. The molecule has 5 heteroatoms. The monoisotopic (exact) mass is 321 g/mol. The first kappa shape index (κ1) is 14.8. The molecule has 0 unspecified atom stereocenters. The van der Waals surface area contributed by atoms with Crippen LogP contribution in [0.1, 0.15) is 23.3 Å². The van der Waals surface area contributed by atoms with Crippen LogP contribution in [-0.4, -0.2) is 20.7 Å². The van der Waals surface area contributed by atoms with E-state index in [-0.39, 0.29) is 11.2 Å². The zero-order valence-electron chi connectivity index (χ0n) is 11.8. The molecule has 21 heavy (non-hydrogen) atoms. The fraction of sp³-hybridized carbons (Fsp3) is 0.375. The molecule has 1 heterocycles. The Kier molecular flexibility index (Phi) is 4.15. The molecule has 2 aromatic rings. The highest BCUT2D eigenvalue weighted by atomic mass is 32.2. The van der Waals surface area contributed by atoms with Gasteiger partial charge in [0.1, 0.15) is 0 Å². The van der Waals surface area contributed by atoms with Gasteiger partial charge in [-0.2, -0.15) is 0 Å². The molecule has 1 aromatic heterocycles. The zero-order valence-corrected chi connectivity index (χ0v) is 13.4. The number of aryl methyl sites for hydroxylation is 1. The minimum Gasteiger partial charge on any atom is -0.214 e. The summed E-state index contributed by atoms with van der Waals surface area (Å²) in [5.41, 5.74) is 1.12. The van der Waals surface area contributed by atoms with Gasteiger partial charge in [-0.15, -0.1) is 11.3 Å². The van der Waals surface area contributed by atoms with Gasteiger partial charge in [0, 0.05) is 16.8 Å². The van der Waals surface area contributed by atoms with Crippen molar-refractivity contribution in [1.29, 1.82) is 0 Å². The third-order valence-corrected chi connectivity index (χ3v) is 6.47. The molecule has 1 saturated carbocycles. The van der Waals surface area contributed by atoms with Gasteiger partial charge in [-0.1, -0.05) is 36.4 Å². The number of thiophene rings is 1. The minimum atomic E-state index is -3.21. The fourth-order valence-electron chi connectivity index (χ4n) is 2.46. The minimum absolute atomic E-state index is 0.0635. The average Bonchev–Trinajstić information content (AvgIpc) is 3.08. The lowest BCUT2D eigenvalue weighted by Crippen LogP contribution is -2.34. The summed E-state index contributed by atoms with van der Waals surface area (Å²) in [7, 11) is -3.21. The Labute approximate surface area is 130 Å². The molecule has 0 radical (unpaired) electrons. The summed E-state index contributed by atoms with van der Waals surface area (Å²) in [6, 6.07) is 13.9. The number of rotatable bonds is 7. The molecule has 1 aromatic carbocycles. The predicted octanol–water partition coefficient (Wildman–Crippen LogP) is 2.94. The summed E-state index contributed by atoms with van der Waals surface area (Å²) in [5, 5.41) is 2.05. The Hall–Kier alpha value is -1.17. The molecule has 0 aliphatic heterocycles. The summed E-state index contributed by atoms with van der Waals surface area (Å²) >= 11 is 1.72. The predicted molar refractivity (Wildman–Crippen MR) is 87.2 cm³/mol. The van der Waals surface area contributed by atoms with Crippen molar-refractivity contribution >= 4 is 21.4 Å². The van der Waals surface area contributed by atoms with Crippen LogP contribution in [0.2, 0.25) is 0 Å². The van der Waals surface area contributed by atoms with Crippen LogP contribution < -0.4 is 4.72 Å². The number of benzene rings is 1. The third kappa shape index (κ3) is 3.73.